The summed E-state index contributed by atoms with van der Waals surface area (Å²) >= 11 is 0. The molecule has 166 valence electrons. The molecular weight excluding hydrogens is 406 g/mol. The minimum atomic E-state index is 0.299. The average molecular weight is 436 g/mol. The van der Waals surface area contributed by atoms with Gasteiger partial charge in [0, 0.05) is 37.2 Å². The molecule has 0 N–H and O–H groups in total. The molecule has 0 aliphatic rings. The van der Waals surface area contributed by atoms with E-state index in [1.807, 2.05) is 54.7 Å². The van der Waals surface area contributed by atoms with Crippen LogP contribution in [0.4, 0.5) is 0 Å². The van der Waals surface area contributed by atoms with Crippen LogP contribution in [0.25, 0.3) is 11.1 Å². The number of hydrogen-bond donors (Lipinski definition) is 0. The number of ether oxygens (including phenoxy) is 1. The SMILES string of the molecule is O=C(CCc1ccc(CCOc2ccccc2-c2ccccc2)cc1)CCc1cccnc1. The normalized spacial score (nSPS) is 10.7. The fourth-order valence-corrected chi connectivity index (χ4v) is 3.84. The fourth-order valence-electron chi connectivity index (χ4n) is 3.84. The van der Waals surface area contributed by atoms with Gasteiger partial charge in [-0.05, 0) is 47.2 Å². The maximum atomic E-state index is 12.2. The number of para-hydroxylation sites is 1. The van der Waals surface area contributed by atoms with Crippen LogP contribution in [-0.2, 0) is 24.1 Å². The predicted octanol–water partition coefficient (Wildman–Crippen LogP) is 6.50. The van der Waals surface area contributed by atoms with E-state index in [0.717, 1.165) is 41.7 Å². The van der Waals surface area contributed by atoms with Gasteiger partial charge in [-0.25, -0.2) is 0 Å². The lowest BCUT2D eigenvalue weighted by Gasteiger charge is -2.12. The van der Waals surface area contributed by atoms with E-state index in [0.29, 0.717) is 25.2 Å². The van der Waals surface area contributed by atoms with Crippen molar-refractivity contribution in [3.8, 4) is 16.9 Å². The molecule has 0 unspecified atom stereocenters. The van der Waals surface area contributed by atoms with Crippen molar-refractivity contribution in [1.29, 1.82) is 0 Å². The summed E-state index contributed by atoms with van der Waals surface area (Å²) in [5, 5.41) is 0. The van der Waals surface area contributed by atoms with Gasteiger partial charge in [0.15, 0.2) is 0 Å². The molecule has 0 radical (unpaired) electrons. The van der Waals surface area contributed by atoms with Gasteiger partial charge in [-0.2, -0.15) is 0 Å². The van der Waals surface area contributed by atoms with Gasteiger partial charge in [0.1, 0.15) is 11.5 Å². The highest BCUT2D eigenvalue weighted by Crippen LogP contribution is 2.29. The highest BCUT2D eigenvalue weighted by molar-refractivity contribution is 5.78. The first-order valence-electron chi connectivity index (χ1n) is 11.5. The molecule has 0 amide bonds. The van der Waals surface area contributed by atoms with Crippen molar-refractivity contribution >= 4 is 5.78 Å². The summed E-state index contributed by atoms with van der Waals surface area (Å²) in [4.78, 5) is 16.3. The first-order chi connectivity index (χ1) is 16.3. The minimum Gasteiger partial charge on any atom is -0.493 e. The Morgan fingerprint density at radius 1 is 0.667 bits per heavy atom. The molecule has 0 atom stereocenters. The molecule has 3 aromatic carbocycles. The van der Waals surface area contributed by atoms with E-state index in [4.69, 9.17) is 4.74 Å². The van der Waals surface area contributed by atoms with E-state index in [1.54, 1.807) is 6.20 Å². The summed E-state index contributed by atoms with van der Waals surface area (Å²) in [5.74, 6) is 1.21. The summed E-state index contributed by atoms with van der Waals surface area (Å²) in [6.07, 6.45) is 7.13. The highest BCUT2D eigenvalue weighted by atomic mass is 16.5. The van der Waals surface area contributed by atoms with E-state index in [9.17, 15) is 4.79 Å². The Morgan fingerprint density at radius 2 is 1.33 bits per heavy atom. The number of ketones is 1. The van der Waals surface area contributed by atoms with Crippen molar-refractivity contribution in [2.24, 2.45) is 0 Å². The Hall–Kier alpha value is -3.72. The molecule has 0 saturated heterocycles. The number of rotatable bonds is 11. The predicted molar refractivity (Wildman–Crippen MR) is 133 cm³/mol. The Labute approximate surface area is 196 Å². The first-order valence-corrected chi connectivity index (χ1v) is 11.5. The molecule has 33 heavy (non-hydrogen) atoms. The van der Waals surface area contributed by atoms with Crippen molar-refractivity contribution in [3.63, 3.8) is 0 Å². The summed E-state index contributed by atoms with van der Waals surface area (Å²) in [7, 11) is 0. The zero-order valence-electron chi connectivity index (χ0n) is 18.8. The lowest BCUT2D eigenvalue weighted by atomic mass is 10.0. The number of hydrogen-bond acceptors (Lipinski definition) is 3. The van der Waals surface area contributed by atoms with Gasteiger partial charge >= 0.3 is 0 Å². The summed E-state index contributed by atoms with van der Waals surface area (Å²) in [6.45, 7) is 0.621. The van der Waals surface area contributed by atoms with Crippen LogP contribution in [-0.4, -0.2) is 17.4 Å². The number of benzene rings is 3. The maximum absolute atomic E-state index is 12.2. The molecule has 1 aromatic heterocycles. The van der Waals surface area contributed by atoms with Crippen LogP contribution in [0.1, 0.15) is 29.5 Å². The van der Waals surface area contributed by atoms with E-state index >= 15 is 0 Å². The molecule has 1 heterocycles. The van der Waals surface area contributed by atoms with Crippen LogP contribution in [0.2, 0.25) is 0 Å². The van der Waals surface area contributed by atoms with Crippen LogP contribution in [0.5, 0.6) is 5.75 Å². The summed E-state index contributed by atoms with van der Waals surface area (Å²) < 4.78 is 6.12. The first kappa shape index (κ1) is 22.5. The molecule has 3 nitrogen and oxygen atoms in total. The Bertz CT molecular complexity index is 1140. The Balaban J connectivity index is 1.22. The molecule has 4 aromatic rings. The lowest BCUT2D eigenvalue weighted by molar-refractivity contribution is -0.119. The van der Waals surface area contributed by atoms with Crippen LogP contribution >= 0.6 is 0 Å². The van der Waals surface area contributed by atoms with Gasteiger partial charge in [-0.1, -0.05) is 78.9 Å². The fraction of sp³-hybridized carbons (Fsp3) is 0.200. The molecule has 4 rings (SSSR count). The Kier molecular flexibility index (Phi) is 8.02. The van der Waals surface area contributed by atoms with Gasteiger partial charge < -0.3 is 4.74 Å². The van der Waals surface area contributed by atoms with Gasteiger partial charge in [0.25, 0.3) is 0 Å². The molecule has 0 bridgehead atoms. The van der Waals surface area contributed by atoms with Gasteiger partial charge in [0.05, 0.1) is 6.61 Å². The standard InChI is InChI=1S/C30H29NO2/c32-28(19-17-26-7-6-21-31-23-26)18-16-24-12-14-25(15-13-24)20-22-33-30-11-5-4-10-29(30)27-8-2-1-3-9-27/h1-15,21,23H,16-20,22H2. The van der Waals surface area contributed by atoms with Crippen molar-refractivity contribution in [2.75, 3.05) is 6.61 Å². The van der Waals surface area contributed by atoms with Gasteiger partial charge in [-0.3, -0.25) is 9.78 Å². The van der Waals surface area contributed by atoms with Gasteiger partial charge in [0.2, 0.25) is 0 Å². The second kappa shape index (κ2) is 11.8. The van der Waals surface area contributed by atoms with Gasteiger partial charge in [-0.15, -0.1) is 0 Å². The van der Waals surface area contributed by atoms with E-state index < -0.39 is 0 Å². The quantitative estimate of drug-likeness (QED) is 0.270. The molecular formula is C30H29NO2. The molecule has 0 aliphatic carbocycles. The lowest BCUT2D eigenvalue weighted by Crippen LogP contribution is -2.04. The number of Topliss-reactive ketones (excluding diaryl/α,β-unsaturated/α-hetero) is 1. The number of nitrogens with zero attached hydrogens (tertiary/aromatic N) is 1. The second-order valence-electron chi connectivity index (χ2n) is 8.18. The second-order valence-corrected chi connectivity index (χ2v) is 8.18. The number of aryl methyl sites for hydroxylation is 2. The van der Waals surface area contributed by atoms with Crippen molar-refractivity contribution in [3.05, 3.63) is 120 Å². The molecule has 3 heteroatoms. The van der Waals surface area contributed by atoms with E-state index in [-0.39, 0.29) is 0 Å². The van der Waals surface area contributed by atoms with E-state index in [2.05, 4.69) is 47.4 Å². The summed E-state index contributed by atoms with van der Waals surface area (Å²) in [6, 6.07) is 30.9. The average Bonchev–Trinajstić information content (AvgIpc) is 2.88. The summed E-state index contributed by atoms with van der Waals surface area (Å²) in [5.41, 5.74) is 5.82. The molecule has 0 saturated carbocycles. The van der Waals surface area contributed by atoms with Crippen molar-refractivity contribution in [2.45, 2.75) is 32.1 Å². The van der Waals surface area contributed by atoms with Crippen molar-refractivity contribution in [1.82, 2.24) is 4.98 Å². The zero-order valence-corrected chi connectivity index (χ0v) is 18.8. The highest BCUT2D eigenvalue weighted by Gasteiger charge is 2.06. The van der Waals surface area contributed by atoms with Crippen LogP contribution < -0.4 is 4.74 Å². The van der Waals surface area contributed by atoms with Crippen LogP contribution in [0, 0.1) is 0 Å². The molecule has 0 fully saturated rings. The molecule has 0 spiro atoms. The number of pyridine rings is 1. The number of aromatic nitrogens is 1. The topological polar surface area (TPSA) is 39.2 Å². The largest absolute Gasteiger partial charge is 0.493 e. The number of carbonyl (C=O) groups is 1. The smallest absolute Gasteiger partial charge is 0.133 e. The van der Waals surface area contributed by atoms with Crippen LogP contribution in [0.3, 0.4) is 0 Å². The third kappa shape index (κ3) is 6.88. The Morgan fingerprint density at radius 3 is 2.06 bits per heavy atom. The third-order valence-corrected chi connectivity index (χ3v) is 5.75. The zero-order chi connectivity index (χ0) is 22.7. The van der Waals surface area contributed by atoms with Crippen LogP contribution in [0.15, 0.2) is 103 Å². The third-order valence-electron chi connectivity index (χ3n) is 5.75. The van der Waals surface area contributed by atoms with Crippen molar-refractivity contribution < 1.29 is 9.53 Å². The molecule has 0 aliphatic heterocycles. The van der Waals surface area contributed by atoms with E-state index in [1.165, 1.54) is 11.1 Å². The maximum Gasteiger partial charge on any atom is 0.133 e. The number of carbonyl (C=O) groups excluding carboxylic acids is 1. The minimum absolute atomic E-state index is 0.299. The monoisotopic (exact) mass is 435 g/mol.